The summed E-state index contributed by atoms with van der Waals surface area (Å²) in [6.45, 7) is 3.79. The van der Waals surface area contributed by atoms with Gasteiger partial charge in [0.05, 0.1) is 6.61 Å². The van der Waals surface area contributed by atoms with Crippen LogP contribution >= 0.6 is 11.6 Å². The van der Waals surface area contributed by atoms with Gasteiger partial charge < -0.3 is 4.74 Å². The topological polar surface area (TPSA) is 26.3 Å². The van der Waals surface area contributed by atoms with Crippen LogP contribution in [-0.4, -0.2) is 12.6 Å². The Kier molecular flexibility index (Phi) is 3.96. The average Bonchev–Trinajstić information content (AvgIpc) is 2.10. The maximum absolute atomic E-state index is 10.5. The number of carbonyl (C=O) groups excluding carboxylic acids is 1. The average molecular weight is 213 g/mol. The Hall–Kier alpha value is -1.02. The number of benzene rings is 1. The minimum atomic E-state index is -0.240. The molecule has 0 radical (unpaired) electrons. The number of esters is 1. The Morgan fingerprint density at radius 2 is 2.21 bits per heavy atom. The third-order valence-corrected chi connectivity index (χ3v) is 2.34. The fraction of sp³-hybridized carbons (Fsp3) is 0.364. The summed E-state index contributed by atoms with van der Waals surface area (Å²) < 4.78 is 4.84. The smallest absolute Gasteiger partial charge is 0.302 e. The van der Waals surface area contributed by atoms with Crippen molar-refractivity contribution in [2.75, 3.05) is 6.61 Å². The van der Waals surface area contributed by atoms with E-state index >= 15 is 0 Å². The number of hydrogen-bond donors (Lipinski definition) is 0. The molecule has 0 aliphatic rings. The highest BCUT2D eigenvalue weighted by atomic mass is 35.5. The first kappa shape index (κ1) is 11.1. The fourth-order valence-corrected chi connectivity index (χ4v) is 1.29. The second kappa shape index (κ2) is 5.01. The standard InChI is InChI=1S/C11H13ClO2/c1-8-7-10(3-4-11(8)12)5-6-14-9(2)13/h3-4,7H,5-6H2,1-2H3. The number of rotatable bonds is 3. The van der Waals surface area contributed by atoms with Gasteiger partial charge >= 0.3 is 5.97 Å². The molecule has 0 N–H and O–H groups in total. The van der Waals surface area contributed by atoms with E-state index < -0.39 is 0 Å². The van der Waals surface area contributed by atoms with Crippen LogP contribution in [0.5, 0.6) is 0 Å². The van der Waals surface area contributed by atoms with Crippen LogP contribution in [0.1, 0.15) is 18.1 Å². The molecule has 0 amide bonds. The van der Waals surface area contributed by atoms with Gasteiger partial charge in [0.15, 0.2) is 0 Å². The van der Waals surface area contributed by atoms with E-state index in [1.165, 1.54) is 6.92 Å². The van der Waals surface area contributed by atoms with E-state index in [0.717, 1.165) is 22.6 Å². The molecule has 0 bridgehead atoms. The lowest BCUT2D eigenvalue weighted by Crippen LogP contribution is -2.03. The third kappa shape index (κ3) is 3.38. The molecule has 0 aromatic heterocycles. The molecule has 1 aromatic carbocycles. The Balaban J connectivity index is 2.51. The van der Waals surface area contributed by atoms with Crippen LogP contribution in [-0.2, 0) is 16.0 Å². The van der Waals surface area contributed by atoms with Crippen molar-refractivity contribution >= 4 is 17.6 Å². The molecular weight excluding hydrogens is 200 g/mol. The predicted octanol–water partition coefficient (Wildman–Crippen LogP) is 2.75. The van der Waals surface area contributed by atoms with Crippen molar-refractivity contribution in [1.29, 1.82) is 0 Å². The van der Waals surface area contributed by atoms with Gasteiger partial charge in [-0.25, -0.2) is 0 Å². The second-order valence-electron chi connectivity index (χ2n) is 3.17. The molecule has 0 saturated heterocycles. The first-order valence-corrected chi connectivity index (χ1v) is 4.86. The molecule has 3 heteroatoms. The lowest BCUT2D eigenvalue weighted by atomic mass is 10.1. The first-order chi connectivity index (χ1) is 6.59. The third-order valence-electron chi connectivity index (χ3n) is 1.92. The van der Waals surface area contributed by atoms with Gasteiger partial charge in [-0.3, -0.25) is 4.79 Å². The monoisotopic (exact) mass is 212 g/mol. The summed E-state index contributed by atoms with van der Waals surface area (Å²) in [5.74, 6) is -0.240. The van der Waals surface area contributed by atoms with Gasteiger partial charge in [0, 0.05) is 18.4 Å². The number of ether oxygens (including phenoxy) is 1. The molecule has 0 saturated carbocycles. The van der Waals surface area contributed by atoms with Gasteiger partial charge in [0.1, 0.15) is 0 Å². The molecule has 0 spiro atoms. The van der Waals surface area contributed by atoms with E-state index in [1.807, 2.05) is 25.1 Å². The van der Waals surface area contributed by atoms with Crippen LogP contribution in [0.4, 0.5) is 0 Å². The van der Waals surface area contributed by atoms with Crippen molar-refractivity contribution < 1.29 is 9.53 Å². The van der Waals surface area contributed by atoms with Crippen LogP contribution in [0.3, 0.4) is 0 Å². The molecule has 0 aliphatic carbocycles. The molecule has 1 rings (SSSR count). The van der Waals surface area contributed by atoms with Crippen LogP contribution in [0, 0.1) is 6.92 Å². The summed E-state index contributed by atoms with van der Waals surface area (Å²) in [5.41, 5.74) is 2.18. The summed E-state index contributed by atoms with van der Waals surface area (Å²) >= 11 is 5.88. The molecule has 0 fully saturated rings. The maximum Gasteiger partial charge on any atom is 0.302 e. The molecular formula is C11H13ClO2. The minimum Gasteiger partial charge on any atom is -0.466 e. The molecule has 2 nitrogen and oxygen atoms in total. The number of carbonyl (C=O) groups is 1. The number of hydrogen-bond acceptors (Lipinski definition) is 2. The lowest BCUT2D eigenvalue weighted by molar-refractivity contribution is -0.140. The highest BCUT2D eigenvalue weighted by molar-refractivity contribution is 6.31. The van der Waals surface area contributed by atoms with Crippen LogP contribution in [0.15, 0.2) is 18.2 Å². The zero-order chi connectivity index (χ0) is 10.6. The van der Waals surface area contributed by atoms with E-state index in [2.05, 4.69) is 0 Å². The van der Waals surface area contributed by atoms with Crippen molar-refractivity contribution in [3.63, 3.8) is 0 Å². The van der Waals surface area contributed by atoms with Crippen LogP contribution in [0.2, 0.25) is 5.02 Å². The predicted molar refractivity (Wildman–Crippen MR) is 56.5 cm³/mol. The first-order valence-electron chi connectivity index (χ1n) is 4.48. The number of aryl methyl sites for hydroxylation is 1. The molecule has 1 aromatic rings. The molecule has 14 heavy (non-hydrogen) atoms. The van der Waals surface area contributed by atoms with E-state index in [0.29, 0.717) is 6.61 Å². The summed E-state index contributed by atoms with van der Waals surface area (Å²) in [6.07, 6.45) is 0.734. The lowest BCUT2D eigenvalue weighted by Gasteiger charge is -2.04. The van der Waals surface area contributed by atoms with Gasteiger partial charge in [-0.2, -0.15) is 0 Å². The summed E-state index contributed by atoms with van der Waals surface area (Å²) in [5, 5.41) is 0.765. The van der Waals surface area contributed by atoms with E-state index in [9.17, 15) is 4.79 Å². The molecule has 0 atom stereocenters. The van der Waals surface area contributed by atoms with Crippen molar-refractivity contribution in [1.82, 2.24) is 0 Å². The van der Waals surface area contributed by atoms with Crippen molar-refractivity contribution in [2.24, 2.45) is 0 Å². The highest BCUT2D eigenvalue weighted by Gasteiger charge is 1.99. The zero-order valence-corrected chi connectivity index (χ0v) is 9.10. The van der Waals surface area contributed by atoms with Gasteiger partial charge in [-0.15, -0.1) is 0 Å². The van der Waals surface area contributed by atoms with Gasteiger partial charge in [0.25, 0.3) is 0 Å². The zero-order valence-electron chi connectivity index (χ0n) is 8.34. The fourth-order valence-electron chi connectivity index (χ4n) is 1.17. The molecule has 76 valence electrons. The van der Waals surface area contributed by atoms with E-state index in [-0.39, 0.29) is 5.97 Å². The van der Waals surface area contributed by atoms with Crippen molar-refractivity contribution in [3.05, 3.63) is 34.3 Å². The van der Waals surface area contributed by atoms with Crippen LogP contribution in [0.25, 0.3) is 0 Å². The summed E-state index contributed by atoms with van der Waals surface area (Å²) in [4.78, 5) is 10.5. The maximum atomic E-state index is 10.5. The van der Waals surface area contributed by atoms with Crippen molar-refractivity contribution in [3.8, 4) is 0 Å². The Morgan fingerprint density at radius 3 is 2.79 bits per heavy atom. The van der Waals surface area contributed by atoms with Crippen molar-refractivity contribution in [2.45, 2.75) is 20.3 Å². The molecule has 0 unspecified atom stereocenters. The highest BCUT2D eigenvalue weighted by Crippen LogP contribution is 2.16. The quantitative estimate of drug-likeness (QED) is 0.721. The molecule has 0 heterocycles. The van der Waals surface area contributed by atoms with E-state index in [4.69, 9.17) is 16.3 Å². The minimum absolute atomic E-state index is 0.240. The normalized spacial score (nSPS) is 9.93. The Morgan fingerprint density at radius 1 is 1.50 bits per heavy atom. The van der Waals surface area contributed by atoms with Gasteiger partial charge in [-0.1, -0.05) is 23.7 Å². The largest absolute Gasteiger partial charge is 0.466 e. The molecule has 0 aliphatic heterocycles. The van der Waals surface area contributed by atoms with Crippen LogP contribution < -0.4 is 0 Å². The Labute approximate surface area is 88.8 Å². The van der Waals surface area contributed by atoms with Gasteiger partial charge in [0.2, 0.25) is 0 Å². The van der Waals surface area contributed by atoms with E-state index in [1.54, 1.807) is 0 Å². The summed E-state index contributed by atoms with van der Waals surface area (Å²) in [6, 6.07) is 5.81. The Bertz CT molecular complexity index is 334. The summed E-state index contributed by atoms with van der Waals surface area (Å²) in [7, 11) is 0. The second-order valence-corrected chi connectivity index (χ2v) is 3.58. The van der Waals surface area contributed by atoms with Gasteiger partial charge in [-0.05, 0) is 24.1 Å². The SMILES string of the molecule is CC(=O)OCCc1ccc(Cl)c(C)c1. The number of halogens is 1.